The molecule has 0 atom stereocenters. The van der Waals surface area contributed by atoms with Crippen LogP contribution in [0.15, 0.2) is 87.7 Å². The van der Waals surface area contributed by atoms with Crippen LogP contribution in [-0.2, 0) is 35.3 Å². The average molecular weight is 1040 g/mol. The van der Waals surface area contributed by atoms with Crippen LogP contribution in [0.3, 0.4) is 0 Å². The van der Waals surface area contributed by atoms with E-state index in [1.54, 1.807) is 13.8 Å². The number of ether oxygens (including phenoxy) is 1. The standard InChI is InChI=1S/C49H68NO7PS4.C6H15N/c1-17-56-58(54,57-18-2)49(15,16)50-19-20-55-44-39-27-32(48(12,13)14)28-40(44)62-38-26-31(47(9,10)11)24-36(43(38)53)60-34-22-29(45(3,4)5)21-33(41(34)51)59-35-23-30(46(6,7)8)25-37(61-39)42(35)52;1-4-7(5-2)6-3/h21-28,50-53H,17-20H2,1-16H3;4-6H2,1-3H3. The zero-order valence-electron chi connectivity index (χ0n) is 45.1. The van der Waals surface area contributed by atoms with Gasteiger partial charge in [-0.15, -0.1) is 0 Å². The summed E-state index contributed by atoms with van der Waals surface area (Å²) in [5.74, 6) is 0.912. The monoisotopic (exact) mass is 1040 g/mol. The molecule has 0 saturated carbocycles. The lowest BCUT2D eigenvalue weighted by molar-refractivity contribution is 0.190. The summed E-state index contributed by atoms with van der Waals surface area (Å²) in [6.45, 7) is 44.2. The molecule has 0 unspecified atom stereocenters. The summed E-state index contributed by atoms with van der Waals surface area (Å²) < 4.78 is 32.1. The topological polar surface area (TPSA) is 121 Å². The van der Waals surface area contributed by atoms with Crippen LogP contribution in [-0.4, -0.2) is 71.5 Å². The van der Waals surface area contributed by atoms with Crippen molar-refractivity contribution in [2.75, 3.05) is 46.0 Å². The number of nitrogens with one attached hydrogen (secondary N) is 1. The molecule has 1 aliphatic rings. The molecule has 5 rings (SSSR count). The minimum atomic E-state index is -3.52. The van der Waals surface area contributed by atoms with Crippen molar-refractivity contribution in [3.63, 3.8) is 0 Å². The summed E-state index contributed by atoms with van der Waals surface area (Å²) in [6, 6.07) is 16.4. The number of fused-ring (bicyclic) bond motifs is 8. The Labute approximate surface area is 433 Å². The van der Waals surface area contributed by atoms with Gasteiger partial charge in [-0.05, 0) is 140 Å². The van der Waals surface area contributed by atoms with Crippen LogP contribution in [0.4, 0.5) is 0 Å². The molecule has 0 radical (unpaired) electrons. The Hall–Kier alpha value is -2.45. The first-order valence-electron chi connectivity index (χ1n) is 24.4. The first-order chi connectivity index (χ1) is 31.8. The molecule has 0 saturated heterocycles. The van der Waals surface area contributed by atoms with Crippen LogP contribution >= 0.6 is 54.6 Å². The lowest BCUT2D eigenvalue weighted by atomic mass is 9.87. The molecular formula is C55H83N2O7PS4. The Morgan fingerprint density at radius 2 is 0.739 bits per heavy atom. The van der Waals surface area contributed by atoms with Crippen molar-refractivity contribution in [3.8, 4) is 23.0 Å². The van der Waals surface area contributed by atoms with E-state index < -0.39 is 12.9 Å². The highest BCUT2D eigenvalue weighted by Crippen LogP contribution is 2.59. The van der Waals surface area contributed by atoms with Gasteiger partial charge in [0.05, 0.1) is 52.4 Å². The van der Waals surface area contributed by atoms with Gasteiger partial charge in [0.15, 0.2) is 0 Å². The summed E-state index contributed by atoms with van der Waals surface area (Å²) in [6.07, 6.45) is 0. The van der Waals surface area contributed by atoms with E-state index in [9.17, 15) is 19.9 Å². The van der Waals surface area contributed by atoms with Gasteiger partial charge in [-0.25, -0.2) is 0 Å². The van der Waals surface area contributed by atoms with Crippen molar-refractivity contribution in [2.24, 2.45) is 0 Å². The molecule has 0 amide bonds. The second-order valence-corrected chi connectivity index (χ2v) is 28.9. The first kappa shape index (κ1) is 59.1. The van der Waals surface area contributed by atoms with Crippen molar-refractivity contribution in [3.05, 3.63) is 70.8 Å². The predicted octanol–water partition coefficient (Wildman–Crippen LogP) is 16.2. The fourth-order valence-electron chi connectivity index (χ4n) is 7.27. The molecule has 1 heterocycles. The third-order valence-electron chi connectivity index (χ3n) is 12.0. The average Bonchev–Trinajstić information content (AvgIpc) is 3.23. The van der Waals surface area contributed by atoms with Crippen molar-refractivity contribution >= 4 is 54.6 Å². The Balaban J connectivity index is 0.00000137. The van der Waals surface area contributed by atoms with Crippen LogP contribution in [0, 0.1) is 0 Å². The number of phenols is 3. The summed E-state index contributed by atoms with van der Waals surface area (Å²) in [5.41, 5.74) is 3.07. The zero-order valence-corrected chi connectivity index (χ0v) is 49.2. The lowest BCUT2D eigenvalue weighted by Gasteiger charge is -2.33. The summed E-state index contributed by atoms with van der Waals surface area (Å²) in [4.78, 5) is 7.71. The Morgan fingerprint density at radius 1 is 0.478 bits per heavy atom. The molecule has 14 heteroatoms. The number of benzene rings is 4. The quantitative estimate of drug-likeness (QED) is 0.0662. The van der Waals surface area contributed by atoms with Gasteiger partial charge < -0.3 is 34.0 Å². The van der Waals surface area contributed by atoms with Gasteiger partial charge in [0.2, 0.25) is 0 Å². The van der Waals surface area contributed by atoms with Crippen LogP contribution in [0.2, 0.25) is 0 Å². The fraction of sp³-hybridized carbons (Fsp3) is 0.564. The van der Waals surface area contributed by atoms with Gasteiger partial charge in [-0.3, -0.25) is 9.88 Å². The molecular weight excluding hydrogens is 960 g/mol. The molecule has 8 bridgehead atoms. The molecule has 4 aromatic rings. The number of hydrogen-bond donors (Lipinski definition) is 4. The molecule has 4 aromatic carbocycles. The number of aromatic hydroxyl groups is 3. The van der Waals surface area contributed by atoms with Crippen LogP contribution < -0.4 is 10.1 Å². The first-order valence-corrected chi connectivity index (χ1v) is 29.2. The van der Waals surface area contributed by atoms with E-state index in [0.29, 0.717) is 41.7 Å². The molecule has 4 N–H and O–H groups in total. The minimum absolute atomic E-state index is 0.0935. The maximum absolute atomic E-state index is 13.8. The largest absolute Gasteiger partial charge is 0.506 e. The molecule has 0 aliphatic carbocycles. The highest BCUT2D eigenvalue weighted by Gasteiger charge is 2.43. The van der Waals surface area contributed by atoms with Gasteiger partial charge in [0.1, 0.15) is 34.9 Å². The predicted molar refractivity (Wildman–Crippen MR) is 294 cm³/mol. The zero-order chi connectivity index (χ0) is 52.1. The van der Waals surface area contributed by atoms with E-state index >= 15 is 0 Å². The molecule has 0 spiro atoms. The van der Waals surface area contributed by atoms with Gasteiger partial charge in [-0.2, -0.15) is 0 Å². The SMILES string of the molecule is CCN(CC)CC.CCOP(=O)(OCC)C(C)(C)NCCOc1c2cc(C(C)(C)C)cc1Sc1cc(C(C)(C)C)cc(c1O)Sc1cc(C(C)(C)C)cc(c1O)Sc1cc(C(C)(C)C)cc(c1O)S2. The second kappa shape index (κ2) is 23.6. The third kappa shape index (κ3) is 15.1. The molecule has 384 valence electrons. The molecule has 9 nitrogen and oxygen atoms in total. The Morgan fingerprint density at radius 3 is 0.971 bits per heavy atom. The van der Waals surface area contributed by atoms with Crippen molar-refractivity contribution in [2.45, 2.75) is 198 Å². The number of phenolic OH excluding ortho intramolecular Hbond substituents is 3. The Kier molecular flexibility index (Phi) is 20.2. The van der Waals surface area contributed by atoms with Crippen LogP contribution in [0.1, 0.15) is 154 Å². The molecule has 69 heavy (non-hydrogen) atoms. The second-order valence-electron chi connectivity index (χ2n) is 22.0. The van der Waals surface area contributed by atoms with Crippen molar-refractivity contribution in [1.29, 1.82) is 0 Å². The Bertz CT molecular complexity index is 2310. The molecule has 0 fully saturated rings. The summed E-state index contributed by atoms with van der Waals surface area (Å²) >= 11 is 5.55. The molecule has 0 aromatic heterocycles. The third-order valence-corrected chi connectivity index (χ3v) is 19.0. The minimum Gasteiger partial charge on any atom is -0.506 e. The number of rotatable bonds is 13. The van der Waals surface area contributed by atoms with Crippen LogP contribution in [0.25, 0.3) is 0 Å². The lowest BCUT2D eigenvalue weighted by Crippen LogP contribution is -2.42. The maximum atomic E-state index is 13.8. The van der Waals surface area contributed by atoms with E-state index in [0.717, 1.165) is 32.0 Å². The van der Waals surface area contributed by atoms with E-state index in [4.69, 9.17) is 13.8 Å². The molecule has 1 aliphatic heterocycles. The van der Waals surface area contributed by atoms with Crippen LogP contribution in [0.5, 0.6) is 23.0 Å². The van der Waals surface area contributed by atoms with Gasteiger partial charge in [-0.1, -0.05) is 151 Å². The smallest absolute Gasteiger partial charge is 0.349 e. The van der Waals surface area contributed by atoms with Crippen molar-refractivity contribution in [1.82, 2.24) is 10.2 Å². The van der Waals surface area contributed by atoms with Gasteiger partial charge >= 0.3 is 7.60 Å². The maximum Gasteiger partial charge on any atom is 0.349 e. The summed E-state index contributed by atoms with van der Waals surface area (Å²) in [7, 11) is -3.52. The van der Waals surface area contributed by atoms with E-state index in [-0.39, 0.29) is 58.7 Å². The van der Waals surface area contributed by atoms with Crippen molar-refractivity contribution < 1.29 is 33.7 Å². The van der Waals surface area contributed by atoms with E-state index in [2.05, 4.69) is 126 Å². The summed E-state index contributed by atoms with van der Waals surface area (Å²) in [5, 5.41) is 39.1. The number of nitrogens with zero attached hydrogens (tertiary/aromatic N) is 1. The van der Waals surface area contributed by atoms with Gasteiger partial charge in [0.25, 0.3) is 0 Å². The van der Waals surface area contributed by atoms with E-state index in [1.807, 2.05) is 50.2 Å². The number of hydrogen-bond acceptors (Lipinski definition) is 13. The highest BCUT2D eigenvalue weighted by molar-refractivity contribution is 8.01. The normalized spacial score (nSPS) is 13.9. The van der Waals surface area contributed by atoms with Gasteiger partial charge in [0, 0.05) is 6.54 Å². The highest BCUT2D eigenvalue weighted by atomic mass is 32.2. The van der Waals surface area contributed by atoms with E-state index in [1.165, 1.54) is 66.7 Å². The fourth-order valence-corrected chi connectivity index (χ4v) is 13.4.